The fraction of sp³-hybridized carbons (Fsp3) is 1.00. The highest BCUT2D eigenvalue weighted by Gasteiger charge is 2.21. The zero-order chi connectivity index (χ0) is 8.27. The number of halogens is 1. The van der Waals surface area contributed by atoms with Crippen molar-refractivity contribution in [3.63, 3.8) is 0 Å². The fourth-order valence-electron chi connectivity index (χ4n) is 1.55. The van der Waals surface area contributed by atoms with Crippen molar-refractivity contribution in [2.24, 2.45) is 5.92 Å². The molecule has 0 heterocycles. The van der Waals surface area contributed by atoms with Crippen molar-refractivity contribution in [2.75, 3.05) is 0 Å². The molecule has 1 aliphatic rings. The van der Waals surface area contributed by atoms with E-state index in [1.807, 2.05) is 0 Å². The van der Waals surface area contributed by atoms with E-state index in [0.717, 1.165) is 25.7 Å². The van der Waals surface area contributed by atoms with Crippen LogP contribution >= 0.6 is 11.6 Å². The van der Waals surface area contributed by atoms with E-state index in [0.29, 0.717) is 0 Å². The van der Waals surface area contributed by atoms with Gasteiger partial charge in [0.05, 0.1) is 4.71 Å². The number of rotatable bonds is 2. The van der Waals surface area contributed by atoms with Crippen LogP contribution in [0.5, 0.6) is 0 Å². The summed E-state index contributed by atoms with van der Waals surface area (Å²) in [4.78, 5) is 0. The van der Waals surface area contributed by atoms with Gasteiger partial charge in [-0.05, 0) is 29.8 Å². The lowest BCUT2D eigenvalue weighted by molar-refractivity contribution is 0.368. The molecule has 0 saturated heterocycles. The van der Waals surface area contributed by atoms with E-state index in [1.165, 1.54) is 6.42 Å². The minimum absolute atomic E-state index is 0.198. The predicted molar refractivity (Wildman–Crippen MR) is 45.1 cm³/mol. The molecule has 2 unspecified atom stereocenters. The second-order valence-electron chi connectivity index (χ2n) is 3.01. The van der Waals surface area contributed by atoms with Crippen LogP contribution < -0.4 is 0 Å². The highest BCUT2D eigenvalue weighted by Crippen LogP contribution is 2.30. The van der Waals surface area contributed by atoms with E-state index in [2.05, 4.69) is 0 Å². The van der Waals surface area contributed by atoms with Crippen LogP contribution in [0.25, 0.3) is 0 Å². The van der Waals surface area contributed by atoms with Crippen molar-refractivity contribution < 1.29 is 8.76 Å². The highest BCUT2D eigenvalue weighted by molar-refractivity contribution is 7.81. The molecule has 1 rings (SSSR count). The third-order valence-electron chi connectivity index (χ3n) is 2.20. The molecule has 1 fully saturated rings. The first kappa shape index (κ1) is 9.49. The maximum absolute atomic E-state index is 10.5. The molecule has 0 aliphatic heterocycles. The average Bonchev–Trinajstić information content (AvgIpc) is 2.05. The van der Waals surface area contributed by atoms with Crippen LogP contribution in [0, 0.1) is 5.92 Å². The summed E-state index contributed by atoms with van der Waals surface area (Å²) in [5.41, 5.74) is 0. The number of hydrogen-bond acceptors (Lipinski definition) is 2. The second kappa shape index (κ2) is 4.43. The zero-order valence-corrected chi connectivity index (χ0v) is 7.87. The third-order valence-corrected chi connectivity index (χ3v) is 3.75. The van der Waals surface area contributed by atoms with Gasteiger partial charge < -0.3 is 4.55 Å². The summed E-state index contributed by atoms with van der Waals surface area (Å²) in [6, 6.07) is 0. The topological polar surface area (TPSA) is 40.1 Å². The van der Waals surface area contributed by atoms with Gasteiger partial charge in [0.15, 0.2) is 0 Å². The molecule has 1 aliphatic carbocycles. The Morgan fingerprint density at radius 1 is 1.36 bits per heavy atom. The number of hydrogen-bond donors (Lipinski definition) is 0. The molecule has 2 nitrogen and oxygen atoms in total. The van der Waals surface area contributed by atoms with Crippen molar-refractivity contribution in [2.45, 2.75) is 36.8 Å². The Morgan fingerprint density at radius 3 is 2.36 bits per heavy atom. The molecule has 11 heavy (non-hydrogen) atoms. The molecule has 2 atom stereocenters. The molecular weight excluding hydrogens is 184 g/mol. The summed E-state index contributed by atoms with van der Waals surface area (Å²) in [6.45, 7) is 0. The summed E-state index contributed by atoms with van der Waals surface area (Å²) in [6.07, 6.45) is 5.44. The second-order valence-corrected chi connectivity index (χ2v) is 4.77. The number of alkyl halides is 1. The molecule has 0 radical (unpaired) electrons. The SMILES string of the molecule is O=S([O-])C(Cl)C1CCCCC1. The standard InChI is InChI=1S/C7H13ClO2S/c8-7(11(9)10)6-4-2-1-3-5-6/h6-7H,1-5H2,(H,9,10)/p-1. The lowest BCUT2D eigenvalue weighted by Crippen LogP contribution is -2.22. The van der Waals surface area contributed by atoms with Crippen LogP contribution in [0.3, 0.4) is 0 Å². The normalized spacial score (nSPS) is 26.4. The van der Waals surface area contributed by atoms with E-state index in [4.69, 9.17) is 11.6 Å². The van der Waals surface area contributed by atoms with Gasteiger partial charge in [-0.2, -0.15) is 0 Å². The molecule has 0 amide bonds. The predicted octanol–water partition coefficient (Wildman–Crippen LogP) is 2.01. The van der Waals surface area contributed by atoms with Gasteiger partial charge in [-0.3, -0.25) is 4.21 Å². The Labute approximate surface area is 74.6 Å². The summed E-state index contributed by atoms with van der Waals surface area (Å²) in [5.74, 6) is 0.198. The van der Waals surface area contributed by atoms with Crippen molar-refractivity contribution >= 4 is 22.7 Å². The van der Waals surface area contributed by atoms with Gasteiger partial charge in [-0.25, -0.2) is 0 Å². The summed E-state index contributed by atoms with van der Waals surface area (Å²) in [7, 11) is 0. The van der Waals surface area contributed by atoms with E-state index in [1.54, 1.807) is 0 Å². The lowest BCUT2D eigenvalue weighted by atomic mass is 9.91. The van der Waals surface area contributed by atoms with Gasteiger partial charge in [0.2, 0.25) is 0 Å². The van der Waals surface area contributed by atoms with E-state index in [-0.39, 0.29) is 5.92 Å². The third kappa shape index (κ3) is 2.73. The molecule has 0 N–H and O–H groups in total. The minimum Gasteiger partial charge on any atom is -0.771 e. The fourth-order valence-corrected chi connectivity index (χ4v) is 2.39. The Morgan fingerprint density at radius 2 is 1.91 bits per heavy atom. The molecule has 0 aromatic heterocycles. The molecular formula is C7H12ClO2S-. The Balaban J connectivity index is 2.38. The molecule has 0 bridgehead atoms. The van der Waals surface area contributed by atoms with Crippen molar-refractivity contribution in [1.29, 1.82) is 0 Å². The van der Waals surface area contributed by atoms with Crippen LogP contribution in [0.4, 0.5) is 0 Å². The van der Waals surface area contributed by atoms with Crippen molar-refractivity contribution in [1.82, 2.24) is 0 Å². The average molecular weight is 196 g/mol. The molecule has 0 spiro atoms. The largest absolute Gasteiger partial charge is 0.771 e. The molecule has 0 aromatic carbocycles. The smallest absolute Gasteiger partial charge is 0.0983 e. The maximum Gasteiger partial charge on any atom is 0.0983 e. The lowest BCUT2D eigenvalue weighted by Gasteiger charge is -2.27. The minimum atomic E-state index is -2.09. The van der Waals surface area contributed by atoms with Gasteiger partial charge in [-0.15, -0.1) is 11.6 Å². The van der Waals surface area contributed by atoms with Crippen LogP contribution in [0.15, 0.2) is 0 Å². The van der Waals surface area contributed by atoms with Crippen LogP contribution in [-0.2, 0) is 11.1 Å². The van der Waals surface area contributed by atoms with Gasteiger partial charge in [-0.1, -0.05) is 19.3 Å². The van der Waals surface area contributed by atoms with Gasteiger partial charge in [0.1, 0.15) is 0 Å². The summed E-state index contributed by atoms with van der Waals surface area (Å²) in [5, 5.41) is 0. The molecule has 0 aromatic rings. The van der Waals surface area contributed by atoms with Gasteiger partial charge in [0.25, 0.3) is 0 Å². The quantitative estimate of drug-likeness (QED) is 0.500. The zero-order valence-electron chi connectivity index (χ0n) is 6.29. The Bertz CT molecular complexity index is 145. The van der Waals surface area contributed by atoms with Crippen molar-refractivity contribution in [3.05, 3.63) is 0 Å². The van der Waals surface area contributed by atoms with Crippen LogP contribution in [0.1, 0.15) is 32.1 Å². The Kier molecular flexibility index (Phi) is 3.82. The molecule has 1 saturated carbocycles. The van der Waals surface area contributed by atoms with Crippen LogP contribution in [0.2, 0.25) is 0 Å². The first-order valence-corrected chi connectivity index (χ1v) is 5.51. The molecule has 66 valence electrons. The van der Waals surface area contributed by atoms with Crippen LogP contribution in [-0.4, -0.2) is 13.5 Å². The van der Waals surface area contributed by atoms with Crippen molar-refractivity contribution in [3.8, 4) is 0 Å². The monoisotopic (exact) mass is 195 g/mol. The summed E-state index contributed by atoms with van der Waals surface area (Å²) < 4.78 is 20.3. The van der Waals surface area contributed by atoms with E-state index >= 15 is 0 Å². The maximum atomic E-state index is 10.5. The molecule has 4 heteroatoms. The highest BCUT2D eigenvalue weighted by atomic mass is 35.5. The van der Waals surface area contributed by atoms with E-state index in [9.17, 15) is 8.76 Å². The first-order chi connectivity index (χ1) is 5.22. The van der Waals surface area contributed by atoms with Gasteiger partial charge in [0, 0.05) is 0 Å². The summed E-state index contributed by atoms with van der Waals surface area (Å²) >= 11 is 3.59. The van der Waals surface area contributed by atoms with Gasteiger partial charge >= 0.3 is 0 Å². The first-order valence-electron chi connectivity index (χ1n) is 3.94. The van der Waals surface area contributed by atoms with E-state index < -0.39 is 15.8 Å². The Hall–Kier alpha value is 0.400.